The van der Waals surface area contributed by atoms with Crippen LogP contribution in [0.1, 0.15) is 42.9 Å². The Bertz CT molecular complexity index is 1030. The second-order valence-corrected chi connectivity index (χ2v) is 7.91. The van der Waals surface area contributed by atoms with Crippen molar-refractivity contribution in [3.63, 3.8) is 0 Å². The van der Waals surface area contributed by atoms with Crippen LogP contribution in [0.15, 0.2) is 54.1 Å². The SMILES string of the molecule is COc1ccc(C2C(=C(O)c3ccc(Cl)cc3)C(=O)C(=O)N2CCCCCC(=O)O)cc1. The number of aliphatic carboxylic acids is 1. The maximum absolute atomic E-state index is 12.9. The smallest absolute Gasteiger partial charge is 0.303 e. The van der Waals surface area contributed by atoms with E-state index in [-0.39, 0.29) is 24.3 Å². The highest BCUT2D eigenvalue weighted by Gasteiger charge is 2.45. The maximum Gasteiger partial charge on any atom is 0.303 e. The number of hydrogen-bond acceptors (Lipinski definition) is 5. The fraction of sp³-hybridized carbons (Fsp3) is 0.292. The van der Waals surface area contributed by atoms with Crippen LogP contribution >= 0.6 is 11.6 Å². The predicted molar refractivity (Wildman–Crippen MR) is 120 cm³/mol. The lowest BCUT2D eigenvalue weighted by atomic mass is 9.95. The van der Waals surface area contributed by atoms with Gasteiger partial charge in [-0.1, -0.05) is 30.2 Å². The van der Waals surface area contributed by atoms with Crippen molar-refractivity contribution in [1.29, 1.82) is 0 Å². The number of benzene rings is 2. The van der Waals surface area contributed by atoms with Gasteiger partial charge in [0, 0.05) is 23.6 Å². The first kappa shape index (κ1) is 23.3. The molecule has 0 radical (unpaired) electrons. The van der Waals surface area contributed by atoms with E-state index in [1.165, 1.54) is 4.90 Å². The molecule has 0 spiro atoms. The molecule has 1 amide bonds. The summed E-state index contributed by atoms with van der Waals surface area (Å²) in [6.45, 7) is 0.262. The Kier molecular flexibility index (Phi) is 7.53. The second kappa shape index (κ2) is 10.3. The van der Waals surface area contributed by atoms with Crippen molar-refractivity contribution in [1.82, 2.24) is 4.90 Å². The molecule has 1 fully saturated rings. The molecule has 0 aliphatic carbocycles. The van der Waals surface area contributed by atoms with Crippen LogP contribution in [0.4, 0.5) is 0 Å². The number of ether oxygens (including phenoxy) is 1. The summed E-state index contributed by atoms with van der Waals surface area (Å²) in [6, 6.07) is 12.6. The van der Waals surface area contributed by atoms with E-state index >= 15 is 0 Å². The van der Waals surface area contributed by atoms with Crippen molar-refractivity contribution >= 4 is 35.0 Å². The number of hydrogen-bond donors (Lipinski definition) is 2. The molecule has 1 saturated heterocycles. The number of Topliss-reactive ketones (excluding diaryl/α,β-unsaturated/α-hetero) is 1. The quantitative estimate of drug-likeness (QED) is 0.250. The van der Waals surface area contributed by atoms with Crippen LogP contribution in [0.3, 0.4) is 0 Å². The molecule has 7 nitrogen and oxygen atoms in total. The van der Waals surface area contributed by atoms with Crippen LogP contribution < -0.4 is 4.74 Å². The number of methoxy groups -OCH3 is 1. The Balaban J connectivity index is 1.97. The Morgan fingerprint density at radius 3 is 2.25 bits per heavy atom. The van der Waals surface area contributed by atoms with Gasteiger partial charge in [0.2, 0.25) is 0 Å². The average Bonchev–Trinajstić information content (AvgIpc) is 3.03. The predicted octanol–water partition coefficient (Wildman–Crippen LogP) is 4.42. The van der Waals surface area contributed by atoms with E-state index < -0.39 is 23.7 Å². The third-order valence-corrected chi connectivity index (χ3v) is 5.63. The first-order valence-electron chi connectivity index (χ1n) is 10.2. The number of ketones is 1. The molecule has 1 unspecified atom stereocenters. The summed E-state index contributed by atoms with van der Waals surface area (Å²) in [6.07, 6.45) is 1.67. The zero-order valence-electron chi connectivity index (χ0n) is 17.6. The normalized spacial score (nSPS) is 17.6. The minimum Gasteiger partial charge on any atom is -0.507 e. The zero-order chi connectivity index (χ0) is 23.3. The summed E-state index contributed by atoms with van der Waals surface area (Å²) in [4.78, 5) is 38.0. The number of aliphatic hydroxyl groups excluding tert-OH is 1. The minimum absolute atomic E-state index is 0.00743. The lowest BCUT2D eigenvalue weighted by Crippen LogP contribution is -2.30. The highest BCUT2D eigenvalue weighted by atomic mass is 35.5. The monoisotopic (exact) mass is 457 g/mol. The number of nitrogens with zero attached hydrogens (tertiary/aromatic N) is 1. The van der Waals surface area contributed by atoms with E-state index in [1.807, 2.05) is 0 Å². The summed E-state index contributed by atoms with van der Waals surface area (Å²) in [5.74, 6) is -1.97. The number of amides is 1. The van der Waals surface area contributed by atoms with Gasteiger partial charge in [0.1, 0.15) is 11.5 Å². The highest BCUT2D eigenvalue weighted by Crippen LogP contribution is 2.40. The first-order valence-corrected chi connectivity index (χ1v) is 10.6. The molecular formula is C24H24ClNO6. The number of carboxylic acids is 1. The van der Waals surface area contributed by atoms with Gasteiger partial charge < -0.3 is 19.8 Å². The highest BCUT2D eigenvalue weighted by molar-refractivity contribution is 6.46. The van der Waals surface area contributed by atoms with Crippen molar-refractivity contribution in [2.45, 2.75) is 31.7 Å². The lowest BCUT2D eigenvalue weighted by Gasteiger charge is -2.25. The molecule has 0 aromatic heterocycles. The average molecular weight is 458 g/mol. The number of unbranched alkanes of at least 4 members (excludes halogenated alkanes) is 2. The first-order chi connectivity index (χ1) is 15.3. The Labute approximate surface area is 190 Å². The minimum atomic E-state index is -0.869. The number of likely N-dealkylation sites (tertiary alicyclic amines) is 1. The van der Waals surface area contributed by atoms with Gasteiger partial charge in [0.25, 0.3) is 11.7 Å². The summed E-state index contributed by atoms with van der Waals surface area (Å²) >= 11 is 5.93. The summed E-state index contributed by atoms with van der Waals surface area (Å²) < 4.78 is 5.20. The van der Waals surface area contributed by atoms with E-state index in [4.69, 9.17) is 21.4 Å². The van der Waals surface area contributed by atoms with E-state index in [0.717, 1.165) is 0 Å². The number of carbonyl (C=O) groups excluding carboxylic acids is 2. The van der Waals surface area contributed by atoms with Crippen molar-refractivity contribution in [2.75, 3.05) is 13.7 Å². The molecular weight excluding hydrogens is 434 g/mol. The largest absolute Gasteiger partial charge is 0.507 e. The topological polar surface area (TPSA) is 104 Å². The Morgan fingerprint density at radius 1 is 1.00 bits per heavy atom. The van der Waals surface area contributed by atoms with Crippen LogP contribution in [0.2, 0.25) is 5.02 Å². The third kappa shape index (κ3) is 5.11. The molecule has 32 heavy (non-hydrogen) atoms. The van der Waals surface area contributed by atoms with Gasteiger partial charge >= 0.3 is 5.97 Å². The van der Waals surface area contributed by atoms with E-state index in [2.05, 4.69) is 0 Å². The zero-order valence-corrected chi connectivity index (χ0v) is 18.3. The number of carbonyl (C=O) groups is 3. The van der Waals surface area contributed by atoms with E-state index in [9.17, 15) is 19.5 Å². The summed E-state index contributed by atoms with van der Waals surface area (Å²) in [5.41, 5.74) is 1.05. The van der Waals surface area contributed by atoms with E-state index in [0.29, 0.717) is 41.2 Å². The van der Waals surface area contributed by atoms with Gasteiger partial charge in [-0.05, 0) is 54.8 Å². The second-order valence-electron chi connectivity index (χ2n) is 7.48. The van der Waals surface area contributed by atoms with E-state index in [1.54, 1.807) is 55.6 Å². The number of rotatable bonds is 9. The molecule has 168 valence electrons. The maximum atomic E-state index is 12.9. The molecule has 3 rings (SSSR count). The van der Waals surface area contributed by atoms with Crippen LogP contribution in [-0.4, -0.2) is 46.4 Å². The van der Waals surface area contributed by atoms with Crippen LogP contribution in [0.5, 0.6) is 5.75 Å². The third-order valence-electron chi connectivity index (χ3n) is 5.38. The standard InChI is InChI=1S/C24H24ClNO6/c1-32-18-12-8-15(9-13-18)21-20(22(29)16-6-10-17(25)11-7-16)23(30)24(31)26(21)14-4-2-3-5-19(27)28/h6-13,21,29H,2-5,14H2,1H3,(H,27,28). The van der Waals surface area contributed by atoms with Gasteiger partial charge in [-0.25, -0.2) is 0 Å². The Hall–Kier alpha value is -3.32. The molecule has 8 heteroatoms. The Morgan fingerprint density at radius 2 is 1.66 bits per heavy atom. The van der Waals surface area contributed by atoms with Crippen molar-refractivity contribution < 1.29 is 29.3 Å². The molecule has 2 aromatic rings. The van der Waals surface area contributed by atoms with Gasteiger partial charge in [-0.2, -0.15) is 0 Å². The summed E-state index contributed by atoms with van der Waals surface area (Å²) in [7, 11) is 1.54. The molecule has 0 bridgehead atoms. The van der Waals surface area contributed by atoms with Gasteiger partial charge in [-0.15, -0.1) is 0 Å². The number of aliphatic hydroxyl groups is 1. The number of halogens is 1. The molecule has 1 atom stereocenters. The number of carboxylic acid groups (broad SMARTS) is 1. The molecule has 1 aliphatic rings. The van der Waals surface area contributed by atoms with Crippen LogP contribution in [-0.2, 0) is 14.4 Å². The molecule has 1 aliphatic heterocycles. The van der Waals surface area contributed by atoms with Gasteiger partial charge in [-0.3, -0.25) is 14.4 Å². The van der Waals surface area contributed by atoms with Crippen LogP contribution in [0, 0.1) is 0 Å². The molecule has 0 saturated carbocycles. The van der Waals surface area contributed by atoms with Gasteiger partial charge in [0.15, 0.2) is 0 Å². The van der Waals surface area contributed by atoms with Crippen molar-refractivity contribution in [3.8, 4) is 5.75 Å². The molecule has 2 aromatic carbocycles. The fourth-order valence-electron chi connectivity index (χ4n) is 3.74. The molecule has 2 N–H and O–H groups in total. The fourth-order valence-corrected chi connectivity index (χ4v) is 3.87. The van der Waals surface area contributed by atoms with Crippen molar-refractivity contribution in [3.05, 3.63) is 70.3 Å². The summed E-state index contributed by atoms with van der Waals surface area (Å²) in [5, 5.41) is 20.2. The molecule has 1 heterocycles. The van der Waals surface area contributed by atoms with Gasteiger partial charge in [0.05, 0.1) is 18.7 Å². The van der Waals surface area contributed by atoms with Crippen LogP contribution in [0.25, 0.3) is 5.76 Å². The lowest BCUT2D eigenvalue weighted by molar-refractivity contribution is -0.140. The van der Waals surface area contributed by atoms with Crippen molar-refractivity contribution in [2.24, 2.45) is 0 Å².